The van der Waals surface area contributed by atoms with Crippen molar-refractivity contribution in [3.63, 3.8) is 0 Å². The second-order valence-electron chi connectivity index (χ2n) is 4.27. The van der Waals surface area contributed by atoms with Crippen LogP contribution in [0.5, 0.6) is 0 Å². The van der Waals surface area contributed by atoms with Gasteiger partial charge in [-0.3, -0.25) is 4.79 Å². The summed E-state index contributed by atoms with van der Waals surface area (Å²) in [5, 5.41) is 0.0650. The number of carbonyl (C=O) groups excluding carboxylic acids is 1. The van der Waals surface area contributed by atoms with Gasteiger partial charge in [0.1, 0.15) is 11.6 Å². The van der Waals surface area contributed by atoms with Gasteiger partial charge in [-0.05, 0) is 24.5 Å². The topological polar surface area (TPSA) is 26.3 Å². The van der Waals surface area contributed by atoms with Crippen LogP contribution in [0.1, 0.15) is 18.4 Å². The molecule has 17 heavy (non-hydrogen) atoms. The molecule has 0 spiro atoms. The maximum atomic E-state index is 13.6. The van der Waals surface area contributed by atoms with E-state index in [0.717, 1.165) is 19.4 Å². The van der Waals surface area contributed by atoms with Gasteiger partial charge in [0.15, 0.2) is 0 Å². The van der Waals surface area contributed by atoms with Crippen LogP contribution in [-0.4, -0.2) is 19.0 Å². The third kappa shape index (κ3) is 3.05. The lowest BCUT2D eigenvalue weighted by Gasteiger charge is -2.20. The first-order chi connectivity index (χ1) is 8.18. The van der Waals surface area contributed by atoms with Crippen molar-refractivity contribution in [2.75, 3.05) is 13.2 Å². The van der Waals surface area contributed by atoms with Crippen molar-refractivity contribution in [1.29, 1.82) is 0 Å². The molecule has 1 aliphatic heterocycles. The summed E-state index contributed by atoms with van der Waals surface area (Å²) in [5.41, 5.74) is 0.369. The minimum absolute atomic E-state index is 0.0332. The highest BCUT2D eigenvalue weighted by molar-refractivity contribution is 6.30. The van der Waals surface area contributed by atoms with Crippen LogP contribution in [0.2, 0.25) is 5.02 Å². The molecule has 0 radical (unpaired) electrons. The summed E-state index contributed by atoms with van der Waals surface area (Å²) < 4.78 is 18.9. The van der Waals surface area contributed by atoms with Crippen molar-refractivity contribution in [2.24, 2.45) is 5.92 Å². The van der Waals surface area contributed by atoms with Crippen LogP contribution in [0, 0.1) is 11.7 Å². The van der Waals surface area contributed by atoms with Crippen LogP contribution in [0.15, 0.2) is 18.2 Å². The molecule has 0 aliphatic carbocycles. The molecule has 1 aliphatic rings. The largest absolute Gasteiger partial charge is 0.381 e. The minimum atomic E-state index is -0.487. The SMILES string of the molecule is O=C(Cc1cccc(Cl)c1F)C1CCCOC1. The number of hydrogen-bond acceptors (Lipinski definition) is 2. The predicted octanol–water partition coefficient (Wildman–Crippen LogP) is 3.02. The Morgan fingerprint density at radius 3 is 3.06 bits per heavy atom. The van der Waals surface area contributed by atoms with Crippen LogP contribution in [0.25, 0.3) is 0 Å². The fraction of sp³-hybridized carbons (Fsp3) is 0.462. The fourth-order valence-electron chi connectivity index (χ4n) is 2.01. The van der Waals surface area contributed by atoms with Crippen molar-refractivity contribution in [3.8, 4) is 0 Å². The molecule has 0 saturated carbocycles. The molecule has 1 heterocycles. The summed E-state index contributed by atoms with van der Waals surface area (Å²) in [4.78, 5) is 11.9. The first-order valence-corrected chi connectivity index (χ1v) is 6.09. The third-order valence-corrected chi connectivity index (χ3v) is 3.30. The van der Waals surface area contributed by atoms with Crippen molar-refractivity contribution >= 4 is 17.4 Å². The normalized spacial score (nSPS) is 20.2. The molecule has 1 unspecified atom stereocenters. The second kappa shape index (κ2) is 5.61. The Labute approximate surface area is 105 Å². The van der Waals surface area contributed by atoms with E-state index in [4.69, 9.17) is 16.3 Å². The first kappa shape index (κ1) is 12.5. The van der Waals surface area contributed by atoms with E-state index in [9.17, 15) is 9.18 Å². The van der Waals surface area contributed by atoms with E-state index in [1.165, 1.54) is 6.07 Å². The van der Waals surface area contributed by atoms with E-state index in [1.807, 2.05) is 0 Å². The van der Waals surface area contributed by atoms with Crippen LogP contribution in [0.3, 0.4) is 0 Å². The zero-order chi connectivity index (χ0) is 12.3. The molecule has 1 aromatic carbocycles. The van der Waals surface area contributed by atoms with E-state index in [2.05, 4.69) is 0 Å². The highest BCUT2D eigenvalue weighted by atomic mass is 35.5. The van der Waals surface area contributed by atoms with Crippen LogP contribution in [0.4, 0.5) is 4.39 Å². The Morgan fingerprint density at radius 2 is 2.35 bits per heavy atom. The number of hydrogen-bond donors (Lipinski definition) is 0. The van der Waals surface area contributed by atoms with Crippen molar-refractivity contribution in [3.05, 3.63) is 34.6 Å². The lowest BCUT2D eigenvalue weighted by Crippen LogP contribution is -2.26. The number of ketones is 1. The Kier molecular flexibility index (Phi) is 4.13. The standard InChI is InChI=1S/C13H14ClFO2/c14-11-5-1-3-9(13(11)15)7-12(16)10-4-2-6-17-8-10/h1,3,5,10H,2,4,6-8H2. The lowest BCUT2D eigenvalue weighted by molar-refractivity contribution is -0.126. The zero-order valence-corrected chi connectivity index (χ0v) is 10.2. The molecule has 0 amide bonds. The Bertz CT molecular complexity index is 414. The molecule has 0 aromatic heterocycles. The van der Waals surface area contributed by atoms with Gasteiger partial charge in [0, 0.05) is 18.9 Å². The van der Waals surface area contributed by atoms with Crippen molar-refractivity contribution < 1.29 is 13.9 Å². The molecule has 0 N–H and O–H groups in total. The summed E-state index contributed by atoms with van der Waals surface area (Å²) >= 11 is 5.67. The minimum Gasteiger partial charge on any atom is -0.381 e. The van der Waals surface area contributed by atoms with Gasteiger partial charge >= 0.3 is 0 Å². The predicted molar refractivity (Wildman–Crippen MR) is 63.7 cm³/mol. The van der Waals surface area contributed by atoms with Gasteiger partial charge in [-0.1, -0.05) is 23.7 Å². The average Bonchev–Trinajstić information content (AvgIpc) is 2.36. The van der Waals surface area contributed by atoms with E-state index in [-0.39, 0.29) is 23.1 Å². The summed E-state index contributed by atoms with van der Waals surface area (Å²) in [6, 6.07) is 4.74. The highest BCUT2D eigenvalue weighted by Gasteiger charge is 2.22. The number of ether oxygens (including phenoxy) is 1. The van der Waals surface area contributed by atoms with Gasteiger partial charge in [0.05, 0.1) is 11.6 Å². The van der Waals surface area contributed by atoms with Gasteiger partial charge in [-0.2, -0.15) is 0 Å². The molecular weight excluding hydrogens is 243 g/mol. The molecule has 1 atom stereocenters. The van der Waals surface area contributed by atoms with Crippen molar-refractivity contribution in [1.82, 2.24) is 0 Å². The third-order valence-electron chi connectivity index (χ3n) is 3.01. The van der Waals surface area contributed by atoms with Crippen LogP contribution < -0.4 is 0 Å². The lowest BCUT2D eigenvalue weighted by atomic mass is 9.93. The number of carbonyl (C=O) groups is 1. The maximum Gasteiger partial charge on any atom is 0.145 e. The molecule has 92 valence electrons. The van der Waals surface area contributed by atoms with E-state index in [1.54, 1.807) is 12.1 Å². The molecule has 4 heteroatoms. The van der Waals surface area contributed by atoms with Crippen LogP contribution in [-0.2, 0) is 16.0 Å². The smallest absolute Gasteiger partial charge is 0.145 e. The molecule has 1 fully saturated rings. The second-order valence-corrected chi connectivity index (χ2v) is 4.68. The Balaban J connectivity index is 2.04. The summed E-state index contributed by atoms with van der Waals surface area (Å²) in [7, 11) is 0. The van der Waals surface area contributed by atoms with Crippen LogP contribution >= 0.6 is 11.6 Å². The Morgan fingerprint density at radius 1 is 1.53 bits per heavy atom. The number of Topliss-reactive ketones (excluding diaryl/α,β-unsaturated/α-hetero) is 1. The Hall–Kier alpha value is -0.930. The molecular formula is C13H14ClFO2. The van der Waals surface area contributed by atoms with E-state index >= 15 is 0 Å². The van der Waals surface area contributed by atoms with Gasteiger partial charge in [-0.15, -0.1) is 0 Å². The maximum absolute atomic E-state index is 13.6. The summed E-state index contributed by atoms with van der Waals surface area (Å²) in [6.45, 7) is 1.18. The van der Waals surface area contributed by atoms with E-state index in [0.29, 0.717) is 12.2 Å². The monoisotopic (exact) mass is 256 g/mol. The summed E-state index contributed by atoms with van der Waals surface area (Å²) in [5.74, 6) is -0.549. The quantitative estimate of drug-likeness (QED) is 0.831. The molecule has 2 rings (SSSR count). The van der Waals surface area contributed by atoms with Gasteiger partial charge < -0.3 is 4.74 Å². The van der Waals surface area contributed by atoms with Gasteiger partial charge in [0.2, 0.25) is 0 Å². The molecule has 1 saturated heterocycles. The highest BCUT2D eigenvalue weighted by Crippen LogP contribution is 2.21. The van der Waals surface area contributed by atoms with Gasteiger partial charge in [-0.25, -0.2) is 4.39 Å². The number of rotatable bonds is 3. The fourth-order valence-corrected chi connectivity index (χ4v) is 2.21. The number of benzene rings is 1. The van der Waals surface area contributed by atoms with E-state index < -0.39 is 5.82 Å². The molecule has 2 nitrogen and oxygen atoms in total. The molecule has 0 bridgehead atoms. The van der Waals surface area contributed by atoms with Gasteiger partial charge in [0.25, 0.3) is 0 Å². The zero-order valence-electron chi connectivity index (χ0n) is 9.42. The molecule has 1 aromatic rings. The first-order valence-electron chi connectivity index (χ1n) is 5.72. The average molecular weight is 257 g/mol. The number of halogens is 2. The van der Waals surface area contributed by atoms with Crippen molar-refractivity contribution in [2.45, 2.75) is 19.3 Å². The summed E-state index contributed by atoms with van der Waals surface area (Å²) in [6.07, 6.45) is 1.83.